The quantitative estimate of drug-likeness (QED) is 0.316. The predicted octanol–water partition coefficient (Wildman–Crippen LogP) is 5.95. The van der Waals surface area contributed by atoms with Gasteiger partial charge in [-0.3, -0.25) is 4.40 Å². The first-order valence-corrected chi connectivity index (χ1v) is 8.51. The first-order valence-electron chi connectivity index (χ1n) is 8.51. The predicted molar refractivity (Wildman–Crippen MR) is 105 cm³/mol. The number of benzene rings is 4. The molecule has 0 aliphatic rings. The molecule has 2 heteroatoms. The molecular formula is C23H14N2. The lowest BCUT2D eigenvalue weighted by molar-refractivity contribution is 1.32. The van der Waals surface area contributed by atoms with Gasteiger partial charge in [-0.25, -0.2) is 4.98 Å². The van der Waals surface area contributed by atoms with Crippen molar-refractivity contribution in [2.45, 2.75) is 0 Å². The summed E-state index contributed by atoms with van der Waals surface area (Å²) >= 11 is 0. The van der Waals surface area contributed by atoms with Crippen molar-refractivity contribution < 1.29 is 0 Å². The van der Waals surface area contributed by atoms with Crippen LogP contribution in [0.25, 0.3) is 49.1 Å². The zero-order chi connectivity index (χ0) is 16.4. The van der Waals surface area contributed by atoms with Crippen LogP contribution in [0.3, 0.4) is 0 Å². The van der Waals surface area contributed by atoms with Crippen LogP contribution in [0.5, 0.6) is 0 Å². The van der Waals surface area contributed by atoms with Crippen molar-refractivity contribution in [3.8, 4) is 0 Å². The number of para-hydroxylation sites is 3. The molecular weight excluding hydrogens is 304 g/mol. The Bertz CT molecular complexity index is 1440. The van der Waals surface area contributed by atoms with Crippen molar-refractivity contribution in [3.63, 3.8) is 0 Å². The molecule has 2 heterocycles. The lowest BCUT2D eigenvalue weighted by Gasteiger charge is -2.11. The summed E-state index contributed by atoms with van der Waals surface area (Å²) in [5, 5.41) is 6.26. The van der Waals surface area contributed by atoms with Gasteiger partial charge in [0.15, 0.2) is 0 Å². The molecule has 0 atom stereocenters. The number of rotatable bonds is 0. The van der Waals surface area contributed by atoms with Gasteiger partial charge in [-0.1, -0.05) is 66.7 Å². The lowest BCUT2D eigenvalue weighted by atomic mass is 10.00. The van der Waals surface area contributed by atoms with Gasteiger partial charge in [-0.05, 0) is 34.4 Å². The van der Waals surface area contributed by atoms with Crippen LogP contribution < -0.4 is 0 Å². The Labute approximate surface area is 143 Å². The highest BCUT2D eigenvalue weighted by atomic mass is 15.0. The molecule has 0 fully saturated rings. The van der Waals surface area contributed by atoms with Crippen LogP contribution >= 0.6 is 0 Å². The van der Waals surface area contributed by atoms with E-state index in [0.717, 1.165) is 16.7 Å². The third-order valence-corrected chi connectivity index (χ3v) is 5.15. The van der Waals surface area contributed by atoms with E-state index in [2.05, 4.69) is 89.3 Å². The van der Waals surface area contributed by atoms with Crippen molar-refractivity contribution in [3.05, 3.63) is 84.9 Å². The average Bonchev–Trinajstić information content (AvgIpc) is 3.07. The minimum absolute atomic E-state index is 1.03. The van der Waals surface area contributed by atoms with Crippen LogP contribution in [0, 0.1) is 0 Å². The molecule has 0 spiro atoms. The molecule has 2 aromatic heterocycles. The first kappa shape index (κ1) is 13.0. The van der Waals surface area contributed by atoms with E-state index in [9.17, 15) is 0 Å². The molecule has 0 amide bonds. The maximum atomic E-state index is 5.01. The highest BCUT2D eigenvalue weighted by Gasteiger charge is 2.14. The average molecular weight is 318 g/mol. The zero-order valence-corrected chi connectivity index (χ0v) is 13.5. The number of imidazole rings is 1. The monoisotopic (exact) mass is 318 g/mol. The summed E-state index contributed by atoms with van der Waals surface area (Å²) in [4.78, 5) is 5.01. The minimum Gasteiger partial charge on any atom is -0.292 e. The number of hydrogen-bond donors (Lipinski definition) is 0. The minimum atomic E-state index is 1.03. The van der Waals surface area contributed by atoms with E-state index < -0.39 is 0 Å². The topological polar surface area (TPSA) is 17.3 Å². The molecule has 2 nitrogen and oxygen atoms in total. The van der Waals surface area contributed by atoms with E-state index >= 15 is 0 Å². The van der Waals surface area contributed by atoms with E-state index in [0.29, 0.717) is 0 Å². The number of aromatic nitrogens is 2. The van der Waals surface area contributed by atoms with Gasteiger partial charge in [0, 0.05) is 10.8 Å². The zero-order valence-electron chi connectivity index (χ0n) is 13.5. The van der Waals surface area contributed by atoms with Gasteiger partial charge in [0.25, 0.3) is 0 Å². The summed E-state index contributed by atoms with van der Waals surface area (Å²) in [6.45, 7) is 0. The lowest BCUT2D eigenvalue weighted by Crippen LogP contribution is -1.92. The second kappa shape index (κ2) is 4.58. The van der Waals surface area contributed by atoms with Crippen molar-refractivity contribution in [2.24, 2.45) is 0 Å². The normalized spacial score (nSPS) is 12.0. The molecule has 6 rings (SSSR count). The fraction of sp³-hybridized carbons (Fsp3) is 0. The van der Waals surface area contributed by atoms with E-state index in [1.54, 1.807) is 0 Å². The molecule has 0 bridgehead atoms. The molecule has 4 aromatic carbocycles. The number of fused-ring (bicyclic) bond motifs is 10. The van der Waals surface area contributed by atoms with Crippen LogP contribution in [-0.2, 0) is 0 Å². The van der Waals surface area contributed by atoms with Gasteiger partial charge in [-0.2, -0.15) is 0 Å². The molecule has 116 valence electrons. The number of pyridine rings is 1. The van der Waals surface area contributed by atoms with Crippen LogP contribution in [0.1, 0.15) is 0 Å². The Balaban J connectivity index is 2.08. The summed E-state index contributed by atoms with van der Waals surface area (Å²) in [5.74, 6) is 0. The molecule has 0 saturated heterocycles. The molecule has 0 saturated carbocycles. The maximum absolute atomic E-state index is 5.01. The Morgan fingerprint density at radius 2 is 1.28 bits per heavy atom. The fourth-order valence-electron chi connectivity index (χ4n) is 4.07. The molecule has 0 N–H and O–H groups in total. The smallest absolute Gasteiger partial charge is 0.147 e. The van der Waals surface area contributed by atoms with Crippen molar-refractivity contribution in [1.82, 2.24) is 9.38 Å². The molecule has 6 aromatic rings. The molecule has 25 heavy (non-hydrogen) atoms. The summed E-state index contributed by atoms with van der Waals surface area (Å²) in [5.41, 5.74) is 4.43. The highest BCUT2D eigenvalue weighted by molar-refractivity contribution is 6.23. The van der Waals surface area contributed by atoms with Crippen LogP contribution in [-0.4, -0.2) is 9.38 Å². The summed E-state index contributed by atoms with van der Waals surface area (Å²) in [6.07, 6.45) is 0. The van der Waals surface area contributed by atoms with E-state index in [1.165, 1.54) is 32.4 Å². The maximum Gasteiger partial charge on any atom is 0.147 e. The van der Waals surface area contributed by atoms with Gasteiger partial charge in [-0.15, -0.1) is 0 Å². The van der Waals surface area contributed by atoms with Crippen LogP contribution in [0.15, 0.2) is 84.9 Å². The third kappa shape index (κ3) is 1.61. The first-order chi connectivity index (χ1) is 12.4. The van der Waals surface area contributed by atoms with Crippen molar-refractivity contribution in [1.29, 1.82) is 0 Å². The van der Waals surface area contributed by atoms with E-state index in [-0.39, 0.29) is 0 Å². The van der Waals surface area contributed by atoms with E-state index in [4.69, 9.17) is 4.98 Å². The summed E-state index contributed by atoms with van der Waals surface area (Å²) in [6, 6.07) is 30.0. The van der Waals surface area contributed by atoms with Gasteiger partial charge in [0.2, 0.25) is 0 Å². The largest absolute Gasteiger partial charge is 0.292 e. The molecule has 0 aliphatic heterocycles. The van der Waals surface area contributed by atoms with Gasteiger partial charge >= 0.3 is 0 Å². The van der Waals surface area contributed by atoms with Gasteiger partial charge in [0.05, 0.1) is 16.6 Å². The van der Waals surface area contributed by atoms with Crippen molar-refractivity contribution >= 4 is 49.1 Å². The second-order valence-corrected chi connectivity index (χ2v) is 6.49. The Hall–Kier alpha value is -3.39. The molecule has 0 aliphatic carbocycles. The molecule has 0 radical (unpaired) electrons. The summed E-state index contributed by atoms with van der Waals surface area (Å²) < 4.78 is 2.30. The van der Waals surface area contributed by atoms with Crippen molar-refractivity contribution in [2.75, 3.05) is 0 Å². The van der Waals surface area contributed by atoms with Gasteiger partial charge < -0.3 is 0 Å². The highest BCUT2D eigenvalue weighted by Crippen LogP contribution is 2.36. The van der Waals surface area contributed by atoms with E-state index in [1.807, 2.05) is 0 Å². The van der Waals surface area contributed by atoms with Gasteiger partial charge in [0.1, 0.15) is 5.65 Å². The Kier molecular flexibility index (Phi) is 2.37. The van der Waals surface area contributed by atoms with Crippen LogP contribution in [0.4, 0.5) is 0 Å². The number of hydrogen-bond acceptors (Lipinski definition) is 1. The third-order valence-electron chi connectivity index (χ3n) is 5.15. The SMILES string of the molecule is c1ccc2c(c1)ccc1c3ccccc3n3c4ccccc4nc3c21. The Morgan fingerprint density at radius 3 is 2.20 bits per heavy atom. The molecule has 0 unspecified atom stereocenters. The number of nitrogens with zero attached hydrogens (tertiary/aromatic N) is 2. The summed E-state index contributed by atoms with van der Waals surface area (Å²) in [7, 11) is 0. The van der Waals surface area contributed by atoms with Crippen LogP contribution in [0.2, 0.25) is 0 Å². The Morgan fingerprint density at radius 1 is 0.560 bits per heavy atom. The fourth-order valence-corrected chi connectivity index (χ4v) is 4.07. The standard InChI is InChI=1S/C23H14N2/c1-2-8-16-15(7-1)13-14-18-17-9-3-5-11-20(17)25-21-12-6-4-10-19(21)24-23(25)22(16)18/h1-14H. The second-order valence-electron chi connectivity index (χ2n) is 6.49.